The van der Waals surface area contributed by atoms with E-state index in [-0.39, 0.29) is 22.9 Å². The molecule has 0 heterocycles. The molecule has 4 nitrogen and oxygen atoms in total. The molecule has 1 aromatic carbocycles. The molecule has 0 spiro atoms. The van der Waals surface area contributed by atoms with Crippen LogP contribution in [0.1, 0.15) is 18.5 Å². The van der Waals surface area contributed by atoms with Crippen LogP contribution in [-0.4, -0.2) is 23.9 Å². The molecule has 0 aliphatic heterocycles. The van der Waals surface area contributed by atoms with Crippen molar-refractivity contribution in [1.82, 2.24) is 0 Å². The zero-order valence-corrected chi connectivity index (χ0v) is 11.8. The molecule has 1 unspecified atom stereocenters. The number of hydrogen-bond donors (Lipinski definition) is 2. The largest absolute Gasteiger partial charge is 0.506 e. The van der Waals surface area contributed by atoms with Gasteiger partial charge < -0.3 is 15.6 Å². The first-order chi connectivity index (χ1) is 8.40. The molecule has 0 saturated heterocycles. The summed E-state index contributed by atoms with van der Waals surface area (Å²) in [5, 5.41) is 9.86. The third kappa shape index (κ3) is 3.13. The quantitative estimate of drug-likeness (QED) is 0.827. The maximum atomic E-state index is 13.8. The minimum atomic E-state index is -2.09. The number of alkyl halides is 1. The van der Waals surface area contributed by atoms with Crippen LogP contribution < -0.4 is 5.73 Å². The van der Waals surface area contributed by atoms with E-state index in [1.54, 1.807) is 6.92 Å². The van der Waals surface area contributed by atoms with Gasteiger partial charge in [-0.05, 0) is 35.0 Å². The average molecular weight is 341 g/mol. The topological polar surface area (TPSA) is 72.5 Å². The Bertz CT molecular complexity index is 458. The number of nitrogens with two attached hydrogens (primary N) is 1. The van der Waals surface area contributed by atoms with Crippen molar-refractivity contribution in [1.29, 1.82) is 0 Å². The minimum absolute atomic E-state index is 0.0356. The lowest BCUT2D eigenvalue weighted by Gasteiger charge is -2.18. The average Bonchev–Trinajstić information content (AvgIpc) is 2.33. The van der Waals surface area contributed by atoms with E-state index in [9.17, 15) is 14.3 Å². The van der Waals surface area contributed by atoms with Crippen LogP contribution in [0.4, 0.5) is 4.39 Å². The molecule has 18 heavy (non-hydrogen) atoms. The van der Waals surface area contributed by atoms with E-state index in [4.69, 9.17) is 17.3 Å². The standard InChI is InChI=1S/C11H12BrClFNO3/c1-2-18-11(17)8(14)9(15)7-6(13)4-3-5(12)10(7)16/h3-4,8-9,16H,2,15H2,1H3/t8?,9-/m1/s1. The molecular formula is C11H12BrClFNO3. The van der Waals surface area contributed by atoms with Gasteiger partial charge in [-0.1, -0.05) is 11.6 Å². The summed E-state index contributed by atoms with van der Waals surface area (Å²) in [7, 11) is 0. The molecule has 0 fully saturated rings. The van der Waals surface area contributed by atoms with Gasteiger partial charge in [0.1, 0.15) is 5.75 Å². The Kier molecular flexibility index (Phi) is 5.37. The molecule has 0 aromatic heterocycles. The van der Waals surface area contributed by atoms with Crippen LogP contribution in [0, 0.1) is 0 Å². The highest BCUT2D eigenvalue weighted by Gasteiger charge is 2.31. The van der Waals surface area contributed by atoms with Gasteiger partial charge in [0.2, 0.25) is 6.17 Å². The van der Waals surface area contributed by atoms with E-state index in [0.29, 0.717) is 4.47 Å². The van der Waals surface area contributed by atoms with Crippen molar-refractivity contribution in [2.75, 3.05) is 6.61 Å². The van der Waals surface area contributed by atoms with Gasteiger partial charge in [-0.25, -0.2) is 9.18 Å². The van der Waals surface area contributed by atoms with Crippen molar-refractivity contribution in [2.24, 2.45) is 5.73 Å². The third-order valence-electron chi connectivity index (χ3n) is 2.28. The molecule has 0 bridgehead atoms. The molecule has 0 aliphatic carbocycles. The Morgan fingerprint density at radius 2 is 2.28 bits per heavy atom. The molecule has 100 valence electrons. The van der Waals surface area contributed by atoms with Gasteiger partial charge in [0.15, 0.2) is 0 Å². The zero-order chi connectivity index (χ0) is 13.9. The zero-order valence-electron chi connectivity index (χ0n) is 9.49. The molecule has 0 aliphatic rings. The fraction of sp³-hybridized carbons (Fsp3) is 0.364. The number of phenolic OH excluding ortho intramolecular Hbond substituents is 1. The Labute approximate surface area is 117 Å². The number of aromatic hydroxyl groups is 1. The molecular weight excluding hydrogens is 328 g/mol. The number of esters is 1. The molecule has 2 atom stereocenters. The predicted molar refractivity (Wildman–Crippen MR) is 69.3 cm³/mol. The fourth-order valence-corrected chi connectivity index (χ4v) is 2.01. The van der Waals surface area contributed by atoms with Crippen LogP contribution >= 0.6 is 27.5 Å². The lowest BCUT2D eigenvalue weighted by atomic mass is 10.0. The Balaban J connectivity index is 3.07. The van der Waals surface area contributed by atoms with E-state index in [2.05, 4.69) is 20.7 Å². The monoisotopic (exact) mass is 339 g/mol. The van der Waals surface area contributed by atoms with Crippen LogP contribution in [-0.2, 0) is 9.53 Å². The number of phenols is 1. The van der Waals surface area contributed by atoms with E-state index < -0.39 is 18.2 Å². The van der Waals surface area contributed by atoms with Crippen molar-refractivity contribution in [3.8, 4) is 5.75 Å². The highest BCUT2D eigenvalue weighted by atomic mass is 79.9. The molecule has 3 N–H and O–H groups in total. The molecule has 0 radical (unpaired) electrons. The molecule has 1 rings (SSSR count). The first-order valence-corrected chi connectivity index (χ1v) is 6.30. The lowest BCUT2D eigenvalue weighted by Crippen LogP contribution is -2.31. The second-order valence-electron chi connectivity index (χ2n) is 3.47. The number of ether oxygens (including phenoxy) is 1. The summed E-state index contributed by atoms with van der Waals surface area (Å²) >= 11 is 8.91. The maximum Gasteiger partial charge on any atom is 0.342 e. The highest BCUT2D eigenvalue weighted by Crippen LogP contribution is 2.38. The smallest absolute Gasteiger partial charge is 0.342 e. The van der Waals surface area contributed by atoms with Crippen LogP contribution in [0.2, 0.25) is 5.02 Å². The summed E-state index contributed by atoms with van der Waals surface area (Å²) in [5.41, 5.74) is 5.56. The van der Waals surface area contributed by atoms with Gasteiger partial charge in [-0.3, -0.25) is 0 Å². The van der Waals surface area contributed by atoms with E-state index >= 15 is 0 Å². The summed E-state index contributed by atoms with van der Waals surface area (Å²) in [6.07, 6.45) is -2.09. The maximum absolute atomic E-state index is 13.8. The number of hydrogen-bond acceptors (Lipinski definition) is 4. The second kappa shape index (κ2) is 6.36. The Morgan fingerprint density at radius 1 is 1.67 bits per heavy atom. The van der Waals surface area contributed by atoms with Gasteiger partial charge >= 0.3 is 5.97 Å². The van der Waals surface area contributed by atoms with Crippen molar-refractivity contribution >= 4 is 33.5 Å². The number of carbonyl (C=O) groups is 1. The van der Waals surface area contributed by atoms with E-state index in [1.165, 1.54) is 12.1 Å². The normalized spacial score (nSPS) is 14.1. The SMILES string of the molecule is CCOC(=O)C(F)[C@H](N)c1c(Cl)ccc(Br)c1O. The molecule has 0 amide bonds. The Morgan fingerprint density at radius 3 is 2.83 bits per heavy atom. The fourth-order valence-electron chi connectivity index (χ4n) is 1.39. The number of carbonyl (C=O) groups excluding carboxylic acids is 1. The van der Waals surface area contributed by atoms with Gasteiger partial charge in [-0.15, -0.1) is 0 Å². The molecule has 1 aromatic rings. The number of benzene rings is 1. The predicted octanol–water partition coefficient (Wildman–Crippen LogP) is 2.71. The number of halogens is 3. The van der Waals surface area contributed by atoms with Crippen LogP contribution in [0.3, 0.4) is 0 Å². The molecule has 0 saturated carbocycles. The van der Waals surface area contributed by atoms with Crippen LogP contribution in [0.5, 0.6) is 5.75 Å². The lowest BCUT2D eigenvalue weighted by molar-refractivity contribution is -0.149. The first kappa shape index (κ1) is 15.2. The summed E-state index contributed by atoms with van der Waals surface area (Å²) in [4.78, 5) is 11.3. The Hall–Kier alpha value is -0.850. The minimum Gasteiger partial charge on any atom is -0.506 e. The van der Waals surface area contributed by atoms with Crippen LogP contribution in [0.25, 0.3) is 0 Å². The van der Waals surface area contributed by atoms with Gasteiger partial charge in [0.25, 0.3) is 0 Å². The summed E-state index contributed by atoms with van der Waals surface area (Å²) in [6.45, 7) is 1.60. The molecule has 7 heteroatoms. The van der Waals surface area contributed by atoms with Gasteiger partial charge in [0.05, 0.1) is 17.1 Å². The second-order valence-corrected chi connectivity index (χ2v) is 4.73. The first-order valence-electron chi connectivity index (χ1n) is 5.13. The third-order valence-corrected chi connectivity index (χ3v) is 3.24. The van der Waals surface area contributed by atoms with Crippen molar-refractivity contribution < 1.29 is 19.0 Å². The summed E-state index contributed by atoms with van der Waals surface area (Å²) in [6, 6.07) is 1.54. The highest BCUT2D eigenvalue weighted by molar-refractivity contribution is 9.10. The summed E-state index contributed by atoms with van der Waals surface area (Å²) in [5.74, 6) is -1.37. The van der Waals surface area contributed by atoms with E-state index in [0.717, 1.165) is 0 Å². The van der Waals surface area contributed by atoms with Gasteiger partial charge in [-0.2, -0.15) is 0 Å². The van der Waals surface area contributed by atoms with Gasteiger partial charge in [0, 0.05) is 10.6 Å². The van der Waals surface area contributed by atoms with Crippen molar-refractivity contribution in [2.45, 2.75) is 19.1 Å². The summed E-state index contributed by atoms with van der Waals surface area (Å²) < 4.78 is 18.6. The van der Waals surface area contributed by atoms with Crippen LogP contribution in [0.15, 0.2) is 16.6 Å². The number of rotatable bonds is 4. The van der Waals surface area contributed by atoms with Crippen molar-refractivity contribution in [3.63, 3.8) is 0 Å². The van der Waals surface area contributed by atoms with Crippen molar-refractivity contribution in [3.05, 3.63) is 27.2 Å². The van der Waals surface area contributed by atoms with E-state index in [1.807, 2.05) is 0 Å².